The van der Waals surface area contributed by atoms with Gasteiger partial charge in [0.05, 0.1) is 11.8 Å². The molecule has 0 radical (unpaired) electrons. The van der Waals surface area contributed by atoms with Crippen LogP contribution in [0.2, 0.25) is 0 Å². The van der Waals surface area contributed by atoms with Gasteiger partial charge in [0, 0.05) is 12.6 Å². The van der Waals surface area contributed by atoms with E-state index in [-0.39, 0.29) is 17.9 Å². The molecule has 1 aliphatic carbocycles. The predicted octanol–water partition coefficient (Wildman–Crippen LogP) is 2.30. The van der Waals surface area contributed by atoms with Crippen molar-refractivity contribution in [2.45, 2.75) is 45.6 Å². The van der Waals surface area contributed by atoms with E-state index in [2.05, 4.69) is 13.8 Å². The zero-order valence-corrected chi connectivity index (χ0v) is 11.7. The third kappa shape index (κ3) is 2.99. The Kier molecular flexibility index (Phi) is 4.27. The Morgan fingerprint density at radius 1 is 1.11 bits per heavy atom. The molecule has 2 rings (SSSR count). The molecule has 1 aliphatic heterocycles. The van der Waals surface area contributed by atoms with Crippen LogP contribution in [0.15, 0.2) is 12.2 Å². The molecule has 106 valence electrons. The van der Waals surface area contributed by atoms with Crippen LogP contribution in [0, 0.1) is 17.8 Å². The average molecular weight is 265 g/mol. The Hall–Kier alpha value is -1.32. The molecule has 0 spiro atoms. The zero-order chi connectivity index (χ0) is 14.0. The van der Waals surface area contributed by atoms with Crippen LogP contribution in [0.4, 0.5) is 0 Å². The Morgan fingerprint density at radius 3 is 2.37 bits per heavy atom. The van der Waals surface area contributed by atoms with Gasteiger partial charge in [0.2, 0.25) is 5.91 Å². The van der Waals surface area contributed by atoms with Gasteiger partial charge < -0.3 is 10.0 Å². The van der Waals surface area contributed by atoms with Gasteiger partial charge in [-0.3, -0.25) is 9.59 Å². The van der Waals surface area contributed by atoms with Crippen LogP contribution >= 0.6 is 0 Å². The molecule has 1 fully saturated rings. The monoisotopic (exact) mass is 265 g/mol. The molecule has 0 aromatic heterocycles. The second-order valence-corrected chi connectivity index (χ2v) is 6.02. The first-order valence-electron chi connectivity index (χ1n) is 7.19. The lowest BCUT2D eigenvalue weighted by atomic mass is 9.81. The maximum atomic E-state index is 12.7. The number of carbonyl (C=O) groups is 2. The number of piperidine rings is 1. The minimum absolute atomic E-state index is 0.0378. The third-order valence-corrected chi connectivity index (χ3v) is 4.47. The van der Waals surface area contributed by atoms with Crippen molar-refractivity contribution in [1.82, 2.24) is 4.90 Å². The summed E-state index contributed by atoms with van der Waals surface area (Å²) in [7, 11) is 0. The average Bonchev–Trinajstić information content (AvgIpc) is 2.40. The van der Waals surface area contributed by atoms with Gasteiger partial charge >= 0.3 is 5.97 Å². The molecule has 19 heavy (non-hydrogen) atoms. The fourth-order valence-corrected chi connectivity index (χ4v) is 3.17. The molecule has 2 unspecified atom stereocenters. The molecule has 1 saturated heterocycles. The molecule has 1 N–H and O–H groups in total. The highest BCUT2D eigenvalue weighted by atomic mass is 16.4. The largest absolute Gasteiger partial charge is 0.481 e. The summed E-state index contributed by atoms with van der Waals surface area (Å²) in [4.78, 5) is 25.9. The number of carboxylic acid groups (broad SMARTS) is 1. The SMILES string of the molecule is CC1CCC(C)N(C(=O)[C@@H]2CC=CC[C@@H]2C(=O)O)C1. The summed E-state index contributed by atoms with van der Waals surface area (Å²) in [6, 6.07) is 0.240. The van der Waals surface area contributed by atoms with Crippen molar-refractivity contribution >= 4 is 11.9 Å². The summed E-state index contributed by atoms with van der Waals surface area (Å²) in [5.74, 6) is -1.23. The first-order valence-corrected chi connectivity index (χ1v) is 7.19. The van der Waals surface area contributed by atoms with Crippen molar-refractivity contribution in [3.8, 4) is 0 Å². The Morgan fingerprint density at radius 2 is 1.74 bits per heavy atom. The standard InChI is InChI=1S/C15H23NO3/c1-10-7-8-11(2)16(9-10)14(17)12-5-3-4-6-13(12)15(18)19/h3-4,10-13H,5-9H2,1-2H3,(H,18,19)/t10?,11?,12-,13+/m1/s1. The number of carbonyl (C=O) groups excluding carboxylic acids is 1. The van der Waals surface area contributed by atoms with Crippen molar-refractivity contribution in [2.24, 2.45) is 17.8 Å². The summed E-state index contributed by atoms with van der Waals surface area (Å²) in [5, 5.41) is 9.27. The lowest BCUT2D eigenvalue weighted by Crippen LogP contribution is -2.49. The van der Waals surface area contributed by atoms with Crippen LogP contribution in [-0.4, -0.2) is 34.5 Å². The van der Waals surface area contributed by atoms with Crippen molar-refractivity contribution in [3.05, 3.63) is 12.2 Å². The van der Waals surface area contributed by atoms with E-state index in [0.717, 1.165) is 19.4 Å². The lowest BCUT2D eigenvalue weighted by Gasteiger charge is -2.40. The van der Waals surface area contributed by atoms with E-state index in [0.29, 0.717) is 18.8 Å². The molecular formula is C15H23NO3. The summed E-state index contributed by atoms with van der Waals surface area (Å²) < 4.78 is 0. The predicted molar refractivity (Wildman–Crippen MR) is 72.6 cm³/mol. The number of rotatable bonds is 2. The fraction of sp³-hybridized carbons (Fsp3) is 0.733. The second kappa shape index (κ2) is 5.76. The summed E-state index contributed by atoms with van der Waals surface area (Å²) >= 11 is 0. The van der Waals surface area contributed by atoms with E-state index in [1.54, 1.807) is 0 Å². The fourth-order valence-electron chi connectivity index (χ4n) is 3.17. The number of hydrogen-bond acceptors (Lipinski definition) is 2. The smallest absolute Gasteiger partial charge is 0.307 e. The van der Waals surface area contributed by atoms with Crippen molar-refractivity contribution < 1.29 is 14.7 Å². The number of carboxylic acids is 1. The van der Waals surface area contributed by atoms with Gasteiger partial charge in [0.25, 0.3) is 0 Å². The van der Waals surface area contributed by atoms with Gasteiger partial charge in [-0.05, 0) is 38.5 Å². The van der Waals surface area contributed by atoms with Crippen molar-refractivity contribution in [3.63, 3.8) is 0 Å². The van der Waals surface area contributed by atoms with E-state index in [1.807, 2.05) is 17.1 Å². The number of aliphatic carboxylic acids is 1. The third-order valence-electron chi connectivity index (χ3n) is 4.47. The molecule has 4 nitrogen and oxygen atoms in total. The number of hydrogen-bond donors (Lipinski definition) is 1. The van der Waals surface area contributed by atoms with Crippen molar-refractivity contribution in [2.75, 3.05) is 6.54 Å². The molecule has 0 aromatic rings. The first kappa shape index (κ1) is 14.1. The molecular weight excluding hydrogens is 242 g/mol. The minimum atomic E-state index is -0.847. The van der Waals surface area contributed by atoms with Crippen LogP contribution < -0.4 is 0 Å². The van der Waals surface area contributed by atoms with Gasteiger partial charge in [-0.15, -0.1) is 0 Å². The Balaban J connectivity index is 2.12. The van der Waals surface area contributed by atoms with Crippen LogP contribution in [0.5, 0.6) is 0 Å². The second-order valence-electron chi connectivity index (χ2n) is 6.02. The van der Waals surface area contributed by atoms with Gasteiger partial charge in [0.15, 0.2) is 0 Å². The topological polar surface area (TPSA) is 57.6 Å². The van der Waals surface area contributed by atoms with E-state index in [1.165, 1.54) is 0 Å². The minimum Gasteiger partial charge on any atom is -0.481 e. The highest BCUT2D eigenvalue weighted by Crippen LogP contribution is 2.31. The number of nitrogens with zero attached hydrogens (tertiary/aromatic N) is 1. The van der Waals surface area contributed by atoms with Crippen molar-refractivity contribution in [1.29, 1.82) is 0 Å². The van der Waals surface area contributed by atoms with Crippen LogP contribution in [-0.2, 0) is 9.59 Å². The quantitative estimate of drug-likeness (QED) is 0.779. The molecule has 2 aliphatic rings. The van der Waals surface area contributed by atoms with Gasteiger partial charge in [0.1, 0.15) is 0 Å². The van der Waals surface area contributed by atoms with Crippen LogP contribution in [0.3, 0.4) is 0 Å². The normalized spacial score (nSPS) is 35.2. The summed E-state index contributed by atoms with van der Waals surface area (Å²) in [6.45, 7) is 4.99. The number of allylic oxidation sites excluding steroid dienone is 2. The first-order chi connectivity index (χ1) is 9.00. The summed E-state index contributed by atoms with van der Waals surface area (Å²) in [6.07, 6.45) is 7.03. The highest BCUT2D eigenvalue weighted by Gasteiger charge is 2.38. The highest BCUT2D eigenvalue weighted by molar-refractivity contribution is 5.85. The van der Waals surface area contributed by atoms with Gasteiger partial charge in [-0.2, -0.15) is 0 Å². The molecule has 4 heteroatoms. The number of amides is 1. The van der Waals surface area contributed by atoms with Gasteiger partial charge in [-0.1, -0.05) is 19.1 Å². The zero-order valence-electron chi connectivity index (χ0n) is 11.7. The van der Waals surface area contributed by atoms with Crippen LogP contribution in [0.1, 0.15) is 39.5 Å². The Bertz CT molecular complexity index is 391. The maximum absolute atomic E-state index is 12.7. The van der Waals surface area contributed by atoms with E-state index < -0.39 is 11.9 Å². The van der Waals surface area contributed by atoms with Crippen LogP contribution in [0.25, 0.3) is 0 Å². The Labute approximate surface area is 114 Å². The molecule has 0 bridgehead atoms. The van der Waals surface area contributed by atoms with E-state index >= 15 is 0 Å². The molecule has 4 atom stereocenters. The molecule has 0 aromatic carbocycles. The van der Waals surface area contributed by atoms with E-state index in [4.69, 9.17) is 0 Å². The maximum Gasteiger partial charge on any atom is 0.307 e. The van der Waals surface area contributed by atoms with E-state index in [9.17, 15) is 14.7 Å². The van der Waals surface area contributed by atoms with Gasteiger partial charge in [-0.25, -0.2) is 0 Å². The summed E-state index contributed by atoms with van der Waals surface area (Å²) in [5.41, 5.74) is 0. The molecule has 0 saturated carbocycles. The lowest BCUT2D eigenvalue weighted by molar-refractivity contribution is -0.152. The molecule has 1 amide bonds. The number of likely N-dealkylation sites (tertiary alicyclic amines) is 1. The molecule has 1 heterocycles.